The third-order valence-corrected chi connectivity index (χ3v) is 13.1. The van der Waals surface area contributed by atoms with E-state index in [1.165, 1.54) is 28.0 Å². The van der Waals surface area contributed by atoms with Crippen molar-refractivity contribution in [2.24, 2.45) is 45.3 Å². The van der Waals surface area contributed by atoms with Crippen LogP contribution in [0.15, 0.2) is 149 Å². The van der Waals surface area contributed by atoms with Crippen LogP contribution in [0.25, 0.3) is 16.6 Å². The van der Waals surface area contributed by atoms with E-state index in [9.17, 15) is 0 Å². The number of hydrogen-bond donors (Lipinski definition) is 0. The van der Waals surface area contributed by atoms with Gasteiger partial charge in [0.25, 0.3) is 0 Å². The molecule has 10 heteroatoms. The molecule has 0 aliphatic carbocycles. The minimum atomic E-state index is 0.0321. The number of aromatic nitrogens is 6. The number of aryl methyl sites for hydroxylation is 2. The molecular weight excluding hydrogens is 957 g/mol. The van der Waals surface area contributed by atoms with Crippen molar-refractivity contribution < 1.29 is 0 Å². The van der Waals surface area contributed by atoms with Gasteiger partial charge in [-0.15, -0.1) is 0 Å². The average Bonchev–Trinajstić information content (AvgIpc) is 4.20. The van der Waals surface area contributed by atoms with Crippen molar-refractivity contribution >= 4 is 45.2 Å². The van der Waals surface area contributed by atoms with E-state index in [2.05, 4.69) is 270 Å². The predicted octanol–water partition coefficient (Wildman–Crippen LogP) is 17.9. The molecule has 9 rings (SSSR count). The van der Waals surface area contributed by atoms with Gasteiger partial charge >= 0.3 is 0 Å². The summed E-state index contributed by atoms with van der Waals surface area (Å²) in [6.07, 6.45) is 13.8. The van der Waals surface area contributed by atoms with Gasteiger partial charge in [-0.3, -0.25) is 9.98 Å². The minimum absolute atomic E-state index is 0.0321. The van der Waals surface area contributed by atoms with Crippen LogP contribution in [0.5, 0.6) is 0 Å². The van der Waals surface area contributed by atoms with Gasteiger partial charge in [-0.1, -0.05) is 179 Å². The average molecular weight is 1060 g/mol. The van der Waals surface area contributed by atoms with Gasteiger partial charge in [-0.05, 0) is 81.8 Å². The number of benzene rings is 3. The number of nitrogens with zero attached hydrogens (tertiary/aromatic N) is 10. The summed E-state index contributed by atoms with van der Waals surface area (Å²) in [5.74, 6) is 4.53. The second-order valence-electron chi connectivity index (χ2n) is 27.3. The Hall–Kier alpha value is -6.42. The molecule has 0 unspecified atom stereocenters. The number of imidazole rings is 2. The lowest BCUT2D eigenvalue weighted by atomic mass is 9.87. The van der Waals surface area contributed by atoms with Crippen molar-refractivity contribution in [3.8, 4) is 0 Å². The van der Waals surface area contributed by atoms with Gasteiger partial charge in [0.2, 0.25) is 0 Å². The molecule has 2 aliphatic rings. The number of aliphatic imine (C=N–C) groups is 3. The molecular formula is C68H100N10. The number of allylic oxidation sites excluding steroid dienone is 1. The Labute approximate surface area is 472 Å². The van der Waals surface area contributed by atoms with Gasteiger partial charge < -0.3 is 18.4 Å². The predicted molar refractivity (Wildman–Crippen MR) is 338 cm³/mol. The summed E-state index contributed by atoms with van der Waals surface area (Å²) >= 11 is 0. The molecule has 422 valence electrons. The highest BCUT2D eigenvalue weighted by Crippen LogP contribution is 2.33. The number of hydrogen-bond acceptors (Lipinski definition) is 6. The maximum absolute atomic E-state index is 4.92. The zero-order valence-electron chi connectivity index (χ0n) is 52.7. The van der Waals surface area contributed by atoms with E-state index >= 15 is 0 Å². The van der Waals surface area contributed by atoms with E-state index < -0.39 is 0 Å². The van der Waals surface area contributed by atoms with Gasteiger partial charge in [0, 0.05) is 119 Å². The molecule has 0 saturated carbocycles. The van der Waals surface area contributed by atoms with Crippen molar-refractivity contribution in [2.75, 3.05) is 0 Å². The number of fused-ring (bicyclic) bond motifs is 3. The minimum Gasteiger partial charge on any atom is -0.355 e. The third kappa shape index (κ3) is 18.6. The normalized spacial score (nSPS) is 13.7. The van der Waals surface area contributed by atoms with Crippen LogP contribution in [0.4, 0.5) is 11.4 Å². The summed E-state index contributed by atoms with van der Waals surface area (Å²) in [6, 6.07) is 33.9. The van der Waals surface area contributed by atoms with Crippen molar-refractivity contribution in [3.05, 3.63) is 157 Å². The fourth-order valence-corrected chi connectivity index (χ4v) is 9.18. The van der Waals surface area contributed by atoms with Crippen LogP contribution in [-0.4, -0.2) is 62.7 Å². The Kier molecular flexibility index (Phi) is 21.8. The number of amidine groups is 1. The summed E-state index contributed by atoms with van der Waals surface area (Å²) in [5.41, 5.74) is 10.5. The van der Waals surface area contributed by atoms with E-state index in [-0.39, 0.29) is 32.5 Å². The monoisotopic (exact) mass is 1060 g/mol. The molecule has 2 aliphatic heterocycles. The first-order chi connectivity index (χ1) is 36.0. The van der Waals surface area contributed by atoms with Crippen LogP contribution in [0.3, 0.4) is 0 Å². The summed E-state index contributed by atoms with van der Waals surface area (Å²) in [4.78, 5) is 29.5. The lowest BCUT2D eigenvalue weighted by Crippen LogP contribution is -2.47. The fourth-order valence-electron chi connectivity index (χ4n) is 9.18. The summed E-state index contributed by atoms with van der Waals surface area (Å²) < 4.78 is 6.37. The first-order valence-electron chi connectivity index (χ1n) is 28.1. The van der Waals surface area contributed by atoms with Crippen LogP contribution >= 0.6 is 0 Å². The Morgan fingerprint density at radius 3 is 1.56 bits per heavy atom. The van der Waals surface area contributed by atoms with E-state index in [1.54, 1.807) is 0 Å². The van der Waals surface area contributed by atoms with E-state index in [0.717, 1.165) is 53.0 Å². The molecule has 78 heavy (non-hydrogen) atoms. The van der Waals surface area contributed by atoms with Gasteiger partial charge in [-0.2, -0.15) is 0 Å². The molecule has 4 aromatic heterocycles. The standard InChI is InChI=1S/C17H28N2.C12H16N2.C12H15N.C11H14N2.C8H14N2.C8H13N/c1-13(2)19(14(3)4)16(17(5,6)7)18-15-11-9-8-10-12-15;1-12(2,3)11-13-9-7-5-6-8-10(9)14(11)4;1-12(2,3)11-8-9-6-4-5-7-10(9)13-11;1-11(2,3)10-12-7-6-9-5-4-8-13(9)10;1-8(2,3)7-9-5-6-10(7)4;1-8(2,3)7-5-4-6-9-7/h8-14H,1-7H3;5-8H,1-4H3;4-7H,8H2,1-3H3;4-8H,1-3H3;5-6H,1-4H3;4,6H,5H2,1-3H3. The fraction of sp³-hybridized carbons (Fsp3) is 0.500. The Balaban J connectivity index is 0.000000205. The quantitative estimate of drug-likeness (QED) is 0.130. The Morgan fingerprint density at radius 2 is 1.10 bits per heavy atom. The smallest absolute Gasteiger partial charge is 0.118 e. The maximum atomic E-state index is 4.92. The van der Waals surface area contributed by atoms with Crippen molar-refractivity contribution in [1.29, 1.82) is 0 Å². The number of para-hydroxylation sites is 4. The molecule has 0 spiro atoms. The van der Waals surface area contributed by atoms with Crippen molar-refractivity contribution in [3.63, 3.8) is 0 Å². The van der Waals surface area contributed by atoms with Gasteiger partial charge in [0.15, 0.2) is 0 Å². The molecule has 0 atom stereocenters. The van der Waals surface area contributed by atoms with Crippen molar-refractivity contribution in [1.82, 2.24) is 33.4 Å². The zero-order valence-corrected chi connectivity index (χ0v) is 52.7. The molecule has 0 N–H and O–H groups in total. The molecule has 0 amide bonds. The zero-order chi connectivity index (χ0) is 58.6. The van der Waals surface area contributed by atoms with Gasteiger partial charge in [-0.25, -0.2) is 19.9 Å². The highest BCUT2D eigenvalue weighted by Gasteiger charge is 2.29. The highest BCUT2D eigenvalue weighted by molar-refractivity contribution is 5.97. The molecule has 0 fully saturated rings. The SMILES string of the molecule is CC(C)(C)C1=NC=CC1.CC(C)(C)C1=Nc2ccccc2C1.CC(C)(C)c1nccc2cccn12.CC(C)N(C(=Nc1ccccc1)C(C)(C)C)C(C)C.Cn1c(C(C)(C)C)nc2ccccc21.Cn1ccnc1C(C)(C)C. The first kappa shape index (κ1) is 64.1. The Bertz CT molecular complexity index is 3080. The molecule has 0 bridgehead atoms. The van der Waals surface area contributed by atoms with Gasteiger partial charge in [0.1, 0.15) is 23.3 Å². The third-order valence-electron chi connectivity index (χ3n) is 13.1. The van der Waals surface area contributed by atoms with E-state index in [0.29, 0.717) is 12.1 Å². The van der Waals surface area contributed by atoms with Crippen LogP contribution in [-0.2, 0) is 36.8 Å². The molecule has 6 heterocycles. The molecule has 0 saturated heterocycles. The lowest BCUT2D eigenvalue weighted by Gasteiger charge is -2.39. The maximum Gasteiger partial charge on any atom is 0.118 e. The second-order valence-corrected chi connectivity index (χ2v) is 27.3. The summed E-state index contributed by atoms with van der Waals surface area (Å²) in [6.45, 7) is 48.4. The molecule has 10 nitrogen and oxygen atoms in total. The molecule has 7 aromatic rings. The van der Waals surface area contributed by atoms with Crippen LogP contribution in [0, 0.1) is 16.2 Å². The lowest BCUT2D eigenvalue weighted by molar-refractivity contribution is 0.265. The van der Waals surface area contributed by atoms with E-state index in [4.69, 9.17) is 4.99 Å². The first-order valence-corrected chi connectivity index (χ1v) is 28.1. The van der Waals surface area contributed by atoms with Crippen LogP contribution in [0.2, 0.25) is 0 Å². The van der Waals surface area contributed by atoms with Crippen LogP contribution in [0.1, 0.15) is 182 Å². The largest absolute Gasteiger partial charge is 0.355 e. The molecule has 3 aromatic carbocycles. The second kappa shape index (κ2) is 26.5. The summed E-state index contributed by atoms with van der Waals surface area (Å²) in [7, 11) is 4.10. The Morgan fingerprint density at radius 1 is 0.551 bits per heavy atom. The topological polar surface area (TPSA) is 93.3 Å². The van der Waals surface area contributed by atoms with Gasteiger partial charge in [0.05, 0.1) is 22.4 Å². The van der Waals surface area contributed by atoms with Crippen molar-refractivity contribution in [2.45, 2.75) is 193 Å². The highest BCUT2D eigenvalue weighted by atomic mass is 15.2. The van der Waals surface area contributed by atoms with Crippen LogP contribution < -0.4 is 0 Å². The number of rotatable bonds is 3. The van der Waals surface area contributed by atoms with E-state index in [1.807, 2.05) is 74.3 Å². The molecule has 0 radical (unpaired) electrons. The summed E-state index contributed by atoms with van der Waals surface area (Å²) in [5, 5.41) is 0.